The molecule has 0 bridgehead atoms. The van der Waals surface area contributed by atoms with Crippen molar-refractivity contribution in [3.8, 4) is 22.5 Å². The number of pyridine rings is 1. The second-order valence-corrected chi connectivity index (χ2v) is 4.45. The standard InChI is InChI=1S/C15H12FN3O/c1-9-8-10(5-6-11(9)16)14-13(15(17)20-19-14)12-4-2-3-7-18-12/h2-8H,17H2,1H3. The molecular formula is C15H12FN3O. The van der Waals surface area contributed by atoms with Gasteiger partial charge < -0.3 is 10.3 Å². The Hall–Kier alpha value is -2.69. The summed E-state index contributed by atoms with van der Waals surface area (Å²) in [6.07, 6.45) is 1.67. The highest BCUT2D eigenvalue weighted by Crippen LogP contribution is 2.35. The van der Waals surface area contributed by atoms with Gasteiger partial charge in [0.1, 0.15) is 11.5 Å². The molecule has 3 aromatic rings. The van der Waals surface area contributed by atoms with Crippen LogP contribution in [0.1, 0.15) is 5.56 Å². The lowest BCUT2D eigenvalue weighted by Crippen LogP contribution is -1.91. The lowest BCUT2D eigenvalue weighted by molar-refractivity contribution is 0.439. The van der Waals surface area contributed by atoms with E-state index in [0.717, 1.165) is 5.56 Å². The fraction of sp³-hybridized carbons (Fsp3) is 0.0667. The number of hydrogen-bond donors (Lipinski definition) is 1. The third-order valence-electron chi connectivity index (χ3n) is 3.07. The molecule has 2 N–H and O–H groups in total. The summed E-state index contributed by atoms with van der Waals surface area (Å²) in [4.78, 5) is 4.25. The predicted octanol–water partition coefficient (Wildman–Crippen LogP) is 3.43. The second-order valence-electron chi connectivity index (χ2n) is 4.45. The third-order valence-corrected chi connectivity index (χ3v) is 3.07. The molecule has 2 aromatic heterocycles. The van der Waals surface area contributed by atoms with E-state index >= 15 is 0 Å². The number of aromatic nitrogens is 2. The Kier molecular flexibility index (Phi) is 2.95. The molecule has 5 heteroatoms. The first-order valence-electron chi connectivity index (χ1n) is 6.10. The van der Waals surface area contributed by atoms with Crippen LogP contribution in [0.2, 0.25) is 0 Å². The van der Waals surface area contributed by atoms with Gasteiger partial charge in [-0.05, 0) is 42.8 Å². The molecule has 0 aliphatic rings. The van der Waals surface area contributed by atoms with Crippen molar-refractivity contribution in [3.05, 3.63) is 54.0 Å². The summed E-state index contributed by atoms with van der Waals surface area (Å²) >= 11 is 0. The van der Waals surface area contributed by atoms with Gasteiger partial charge in [-0.3, -0.25) is 4.98 Å². The average molecular weight is 269 g/mol. The normalized spacial score (nSPS) is 10.7. The van der Waals surface area contributed by atoms with Gasteiger partial charge in [-0.1, -0.05) is 11.2 Å². The molecule has 3 rings (SSSR count). The van der Waals surface area contributed by atoms with Crippen LogP contribution < -0.4 is 5.73 Å². The Morgan fingerprint density at radius 1 is 1.20 bits per heavy atom. The van der Waals surface area contributed by atoms with Crippen LogP contribution in [0.5, 0.6) is 0 Å². The van der Waals surface area contributed by atoms with E-state index in [4.69, 9.17) is 10.3 Å². The first-order chi connectivity index (χ1) is 9.66. The van der Waals surface area contributed by atoms with E-state index in [9.17, 15) is 4.39 Å². The van der Waals surface area contributed by atoms with E-state index < -0.39 is 0 Å². The molecule has 100 valence electrons. The summed E-state index contributed by atoms with van der Waals surface area (Å²) in [6.45, 7) is 1.70. The highest BCUT2D eigenvalue weighted by Gasteiger charge is 2.18. The first-order valence-corrected chi connectivity index (χ1v) is 6.10. The molecule has 4 nitrogen and oxygen atoms in total. The van der Waals surface area contributed by atoms with Gasteiger partial charge in [0.05, 0.1) is 11.3 Å². The molecule has 0 radical (unpaired) electrons. The van der Waals surface area contributed by atoms with Gasteiger partial charge >= 0.3 is 0 Å². The zero-order chi connectivity index (χ0) is 14.1. The van der Waals surface area contributed by atoms with Crippen LogP contribution in [-0.2, 0) is 0 Å². The summed E-state index contributed by atoms with van der Waals surface area (Å²) < 4.78 is 18.4. The molecule has 0 spiro atoms. The molecule has 0 unspecified atom stereocenters. The van der Waals surface area contributed by atoms with Crippen molar-refractivity contribution in [1.82, 2.24) is 10.1 Å². The molecule has 2 heterocycles. The zero-order valence-corrected chi connectivity index (χ0v) is 10.8. The number of rotatable bonds is 2. The van der Waals surface area contributed by atoms with Crippen LogP contribution in [0, 0.1) is 12.7 Å². The van der Waals surface area contributed by atoms with Crippen LogP contribution in [0.15, 0.2) is 47.1 Å². The number of nitrogens with zero attached hydrogens (tertiary/aromatic N) is 2. The average Bonchev–Trinajstić information content (AvgIpc) is 2.85. The van der Waals surface area contributed by atoms with Crippen LogP contribution in [-0.4, -0.2) is 10.1 Å². The first kappa shape index (κ1) is 12.3. The molecule has 0 amide bonds. The largest absolute Gasteiger partial charge is 0.367 e. The van der Waals surface area contributed by atoms with Crippen LogP contribution in [0.4, 0.5) is 10.3 Å². The number of nitrogen functional groups attached to an aromatic ring is 1. The molecule has 0 fully saturated rings. The number of nitrogens with two attached hydrogens (primary N) is 1. The Labute approximate surface area is 115 Å². The van der Waals surface area contributed by atoms with Gasteiger partial charge in [0, 0.05) is 11.8 Å². The van der Waals surface area contributed by atoms with Gasteiger partial charge in [0.25, 0.3) is 0 Å². The SMILES string of the molecule is Cc1cc(-c2noc(N)c2-c2ccccn2)ccc1F. The zero-order valence-electron chi connectivity index (χ0n) is 10.8. The van der Waals surface area contributed by atoms with Crippen molar-refractivity contribution < 1.29 is 8.91 Å². The quantitative estimate of drug-likeness (QED) is 0.774. The van der Waals surface area contributed by atoms with Crippen molar-refractivity contribution >= 4 is 5.88 Å². The summed E-state index contributed by atoms with van der Waals surface area (Å²) in [7, 11) is 0. The van der Waals surface area contributed by atoms with Gasteiger partial charge in [-0.15, -0.1) is 0 Å². The van der Waals surface area contributed by atoms with Crippen LogP contribution >= 0.6 is 0 Å². The van der Waals surface area contributed by atoms with Gasteiger partial charge in [0.2, 0.25) is 5.88 Å². The molecule has 0 aliphatic heterocycles. The van der Waals surface area contributed by atoms with E-state index in [1.54, 1.807) is 25.3 Å². The summed E-state index contributed by atoms with van der Waals surface area (Å²) in [5, 5.41) is 3.97. The van der Waals surface area contributed by atoms with E-state index in [0.29, 0.717) is 22.5 Å². The number of anilines is 1. The smallest absolute Gasteiger partial charge is 0.232 e. The third kappa shape index (κ3) is 2.03. The molecule has 0 aliphatic carbocycles. The topological polar surface area (TPSA) is 64.9 Å². The highest BCUT2D eigenvalue weighted by molar-refractivity contribution is 5.85. The second kappa shape index (κ2) is 4.77. The Morgan fingerprint density at radius 3 is 2.75 bits per heavy atom. The minimum atomic E-state index is -0.260. The van der Waals surface area contributed by atoms with Gasteiger partial charge in [-0.25, -0.2) is 4.39 Å². The van der Waals surface area contributed by atoms with E-state index in [1.165, 1.54) is 6.07 Å². The van der Waals surface area contributed by atoms with Crippen molar-refractivity contribution in [2.45, 2.75) is 6.92 Å². The van der Waals surface area contributed by atoms with Gasteiger partial charge in [0.15, 0.2) is 0 Å². The molecule has 20 heavy (non-hydrogen) atoms. The molecular weight excluding hydrogens is 257 g/mol. The van der Waals surface area contributed by atoms with Gasteiger partial charge in [-0.2, -0.15) is 0 Å². The maximum absolute atomic E-state index is 13.4. The Morgan fingerprint density at radius 2 is 2.05 bits per heavy atom. The molecule has 0 saturated heterocycles. The van der Waals surface area contributed by atoms with Crippen LogP contribution in [0.3, 0.4) is 0 Å². The minimum absolute atomic E-state index is 0.195. The molecule has 0 atom stereocenters. The number of benzene rings is 1. The predicted molar refractivity (Wildman–Crippen MR) is 74.3 cm³/mol. The lowest BCUT2D eigenvalue weighted by atomic mass is 10.0. The van der Waals surface area contributed by atoms with E-state index in [1.807, 2.05) is 18.2 Å². The maximum Gasteiger partial charge on any atom is 0.232 e. The highest BCUT2D eigenvalue weighted by atomic mass is 19.1. The maximum atomic E-state index is 13.4. The summed E-state index contributed by atoms with van der Waals surface area (Å²) in [5.41, 5.74) is 8.97. The Balaban J connectivity index is 2.18. The van der Waals surface area contributed by atoms with E-state index in [-0.39, 0.29) is 11.7 Å². The number of aryl methyl sites for hydroxylation is 1. The van der Waals surface area contributed by atoms with E-state index in [2.05, 4.69) is 10.1 Å². The Bertz CT molecular complexity index is 753. The van der Waals surface area contributed by atoms with Crippen molar-refractivity contribution in [2.75, 3.05) is 5.73 Å². The lowest BCUT2D eigenvalue weighted by Gasteiger charge is -2.03. The number of hydrogen-bond acceptors (Lipinski definition) is 4. The summed E-state index contributed by atoms with van der Waals surface area (Å²) in [6, 6.07) is 10.2. The minimum Gasteiger partial charge on any atom is -0.367 e. The van der Waals surface area contributed by atoms with Crippen molar-refractivity contribution in [1.29, 1.82) is 0 Å². The van der Waals surface area contributed by atoms with Crippen molar-refractivity contribution in [3.63, 3.8) is 0 Å². The summed E-state index contributed by atoms with van der Waals surface area (Å²) in [5.74, 6) is -0.0646. The fourth-order valence-electron chi connectivity index (χ4n) is 2.05. The van der Waals surface area contributed by atoms with Crippen LogP contribution in [0.25, 0.3) is 22.5 Å². The molecule has 0 saturated carbocycles. The number of halogens is 1. The molecule has 1 aromatic carbocycles. The fourth-order valence-corrected chi connectivity index (χ4v) is 2.05. The monoisotopic (exact) mass is 269 g/mol. The van der Waals surface area contributed by atoms with Crippen molar-refractivity contribution in [2.24, 2.45) is 0 Å².